The molecule has 134 valence electrons. The number of pyridine rings is 1. The van der Waals surface area contributed by atoms with Crippen molar-refractivity contribution in [2.24, 2.45) is 0 Å². The Morgan fingerprint density at radius 1 is 1.15 bits per heavy atom. The fourth-order valence-electron chi connectivity index (χ4n) is 2.37. The summed E-state index contributed by atoms with van der Waals surface area (Å²) < 4.78 is 33.8. The van der Waals surface area contributed by atoms with E-state index in [1.807, 2.05) is 0 Å². The number of ether oxygens (including phenoxy) is 1. The summed E-state index contributed by atoms with van der Waals surface area (Å²) in [6.07, 6.45) is 3.07. The molecule has 0 unspecified atom stereocenters. The van der Waals surface area contributed by atoms with Gasteiger partial charge >= 0.3 is 0 Å². The standard InChI is InChI=1S/C18H14BrF2N3O2/c1-10-7-23-16(8-22-10)24-11(2)5-15(17(19)18(24)25)26-9-12-3-4-13(20)6-14(12)21/h3-8H,9H2,1-2H3. The van der Waals surface area contributed by atoms with Crippen molar-refractivity contribution in [1.82, 2.24) is 14.5 Å². The fourth-order valence-corrected chi connectivity index (χ4v) is 2.77. The summed E-state index contributed by atoms with van der Waals surface area (Å²) >= 11 is 3.22. The number of hydrogen-bond donors (Lipinski definition) is 0. The van der Waals surface area contributed by atoms with Crippen LogP contribution >= 0.6 is 15.9 Å². The molecule has 0 N–H and O–H groups in total. The van der Waals surface area contributed by atoms with Gasteiger partial charge in [-0.15, -0.1) is 0 Å². The molecule has 3 aromatic rings. The van der Waals surface area contributed by atoms with Gasteiger partial charge in [-0.1, -0.05) is 0 Å². The number of halogens is 3. The van der Waals surface area contributed by atoms with Crippen LogP contribution in [0.15, 0.2) is 45.9 Å². The minimum atomic E-state index is -0.707. The Morgan fingerprint density at radius 2 is 1.92 bits per heavy atom. The van der Waals surface area contributed by atoms with Crippen LogP contribution in [0.5, 0.6) is 5.75 Å². The largest absolute Gasteiger partial charge is 0.487 e. The average Bonchev–Trinajstić information content (AvgIpc) is 2.60. The van der Waals surface area contributed by atoms with Gasteiger partial charge in [0.2, 0.25) is 0 Å². The van der Waals surface area contributed by atoms with Crippen LogP contribution in [-0.4, -0.2) is 14.5 Å². The van der Waals surface area contributed by atoms with E-state index in [4.69, 9.17) is 4.74 Å². The van der Waals surface area contributed by atoms with Gasteiger partial charge in [0.25, 0.3) is 5.56 Å². The molecule has 3 rings (SSSR count). The van der Waals surface area contributed by atoms with Crippen molar-refractivity contribution in [3.05, 3.63) is 80.1 Å². The van der Waals surface area contributed by atoms with Crippen molar-refractivity contribution < 1.29 is 13.5 Å². The summed E-state index contributed by atoms with van der Waals surface area (Å²) in [7, 11) is 0. The summed E-state index contributed by atoms with van der Waals surface area (Å²) in [6.45, 7) is 3.38. The van der Waals surface area contributed by atoms with Crippen LogP contribution in [0.3, 0.4) is 0 Å². The molecular weight excluding hydrogens is 408 g/mol. The van der Waals surface area contributed by atoms with Crippen molar-refractivity contribution in [2.75, 3.05) is 0 Å². The van der Waals surface area contributed by atoms with Crippen LogP contribution in [0.1, 0.15) is 17.0 Å². The molecule has 0 amide bonds. The van der Waals surface area contributed by atoms with Crippen LogP contribution in [0.2, 0.25) is 0 Å². The maximum atomic E-state index is 13.7. The van der Waals surface area contributed by atoms with E-state index < -0.39 is 11.6 Å². The Labute approximate surface area is 156 Å². The molecule has 0 saturated carbocycles. The summed E-state index contributed by atoms with van der Waals surface area (Å²) in [5, 5.41) is 0. The van der Waals surface area contributed by atoms with Crippen molar-refractivity contribution >= 4 is 15.9 Å². The van der Waals surface area contributed by atoms with Crippen LogP contribution in [0.25, 0.3) is 5.82 Å². The van der Waals surface area contributed by atoms with E-state index in [-0.39, 0.29) is 28.0 Å². The van der Waals surface area contributed by atoms with Gasteiger partial charge < -0.3 is 4.74 Å². The van der Waals surface area contributed by atoms with Gasteiger partial charge in [0.15, 0.2) is 5.82 Å². The minimum absolute atomic E-state index is 0.141. The topological polar surface area (TPSA) is 57.0 Å². The maximum Gasteiger partial charge on any atom is 0.274 e. The summed E-state index contributed by atoms with van der Waals surface area (Å²) in [4.78, 5) is 21.0. The highest BCUT2D eigenvalue weighted by molar-refractivity contribution is 9.10. The van der Waals surface area contributed by atoms with E-state index >= 15 is 0 Å². The molecule has 0 atom stereocenters. The Morgan fingerprint density at radius 3 is 2.58 bits per heavy atom. The molecule has 0 saturated heterocycles. The molecule has 26 heavy (non-hydrogen) atoms. The Balaban J connectivity index is 1.92. The van der Waals surface area contributed by atoms with Gasteiger partial charge in [-0.25, -0.2) is 13.8 Å². The number of aryl methyl sites for hydroxylation is 2. The molecule has 0 aliphatic rings. The third-order valence-electron chi connectivity index (χ3n) is 3.69. The lowest BCUT2D eigenvalue weighted by Crippen LogP contribution is -2.23. The Hall–Kier alpha value is -2.61. The van der Waals surface area contributed by atoms with Gasteiger partial charge in [-0.3, -0.25) is 14.3 Å². The highest BCUT2D eigenvalue weighted by Crippen LogP contribution is 2.25. The summed E-state index contributed by atoms with van der Waals surface area (Å²) in [5.41, 5.74) is 1.12. The Kier molecular flexibility index (Phi) is 5.13. The van der Waals surface area contributed by atoms with Crippen molar-refractivity contribution in [1.29, 1.82) is 0 Å². The first kappa shape index (κ1) is 18.2. The fraction of sp³-hybridized carbons (Fsp3) is 0.167. The highest BCUT2D eigenvalue weighted by Gasteiger charge is 2.15. The molecule has 0 spiro atoms. The number of aromatic nitrogens is 3. The summed E-state index contributed by atoms with van der Waals surface area (Å²) in [5.74, 6) is -0.728. The van der Waals surface area contributed by atoms with Crippen LogP contribution in [0.4, 0.5) is 8.78 Å². The van der Waals surface area contributed by atoms with E-state index in [1.54, 1.807) is 26.1 Å². The zero-order valence-corrected chi connectivity index (χ0v) is 15.5. The first-order valence-electron chi connectivity index (χ1n) is 7.64. The quantitative estimate of drug-likeness (QED) is 0.641. The van der Waals surface area contributed by atoms with E-state index in [9.17, 15) is 13.6 Å². The first-order valence-corrected chi connectivity index (χ1v) is 8.44. The normalized spacial score (nSPS) is 10.8. The molecule has 0 aliphatic heterocycles. The van der Waals surface area contributed by atoms with E-state index in [1.165, 1.54) is 16.8 Å². The molecule has 0 aliphatic carbocycles. The summed E-state index contributed by atoms with van der Waals surface area (Å²) in [6, 6.07) is 4.87. The monoisotopic (exact) mass is 421 g/mol. The maximum absolute atomic E-state index is 13.7. The van der Waals surface area contributed by atoms with Gasteiger partial charge in [0, 0.05) is 23.4 Å². The molecule has 8 heteroatoms. The van der Waals surface area contributed by atoms with Crippen LogP contribution in [-0.2, 0) is 6.61 Å². The average molecular weight is 422 g/mol. The van der Waals surface area contributed by atoms with E-state index in [0.717, 1.165) is 17.8 Å². The first-order chi connectivity index (χ1) is 12.4. The second-order valence-electron chi connectivity index (χ2n) is 5.64. The molecule has 0 bridgehead atoms. The third kappa shape index (κ3) is 3.65. The lowest BCUT2D eigenvalue weighted by molar-refractivity contribution is 0.296. The molecular formula is C18H14BrF2N3O2. The highest BCUT2D eigenvalue weighted by atomic mass is 79.9. The second-order valence-corrected chi connectivity index (χ2v) is 6.44. The molecule has 1 aromatic carbocycles. The lowest BCUT2D eigenvalue weighted by Gasteiger charge is -2.14. The zero-order chi connectivity index (χ0) is 18.8. The van der Waals surface area contributed by atoms with Gasteiger partial charge in [-0.05, 0) is 41.9 Å². The van der Waals surface area contributed by atoms with Crippen molar-refractivity contribution in [2.45, 2.75) is 20.5 Å². The van der Waals surface area contributed by atoms with E-state index in [0.29, 0.717) is 11.5 Å². The van der Waals surface area contributed by atoms with Crippen LogP contribution in [0, 0.1) is 25.5 Å². The molecule has 5 nitrogen and oxygen atoms in total. The van der Waals surface area contributed by atoms with Gasteiger partial charge in [-0.2, -0.15) is 0 Å². The molecule has 0 radical (unpaired) electrons. The number of nitrogens with zero attached hydrogens (tertiary/aromatic N) is 3. The molecule has 2 heterocycles. The lowest BCUT2D eigenvalue weighted by atomic mass is 10.2. The predicted molar refractivity (Wildman–Crippen MR) is 95.5 cm³/mol. The SMILES string of the molecule is Cc1cnc(-n2c(C)cc(OCc3ccc(F)cc3F)c(Br)c2=O)cn1. The number of rotatable bonds is 4. The molecule has 2 aromatic heterocycles. The Bertz CT molecular complexity index is 1020. The van der Waals surface area contributed by atoms with Crippen LogP contribution < -0.4 is 10.3 Å². The minimum Gasteiger partial charge on any atom is -0.487 e. The number of hydrogen-bond acceptors (Lipinski definition) is 4. The van der Waals surface area contributed by atoms with Gasteiger partial charge in [0.05, 0.1) is 18.1 Å². The van der Waals surface area contributed by atoms with Crippen molar-refractivity contribution in [3.8, 4) is 11.6 Å². The number of benzene rings is 1. The van der Waals surface area contributed by atoms with E-state index in [2.05, 4.69) is 25.9 Å². The zero-order valence-electron chi connectivity index (χ0n) is 14.0. The van der Waals surface area contributed by atoms with Crippen molar-refractivity contribution in [3.63, 3.8) is 0 Å². The van der Waals surface area contributed by atoms with Gasteiger partial charge in [0.1, 0.15) is 28.5 Å². The second kappa shape index (κ2) is 7.33. The smallest absolute Gasteiger partial charge is 0.274 e. The third-order valence-corrected chi connectivity index (χ3v) is 4.42. The molecule has 0 fully saturated rings. The predicted octanol–water partition coefficient (Wildman–Crippen LogP) is 3.86.